The van der Waals surface area contributed by atoms with Gasteiger partial charge < -0.3 is 10.6 Å². The molecular formula is C10H19FN2O. The van der Waals surface area contributed by atoms with Gasteiger partial charge in [0.05, 0.1) is 0 Å². The zero-order valence-electron chi connectivity index (χ0n) is 8.68. The van der Waals surface area contributed by atoms with E-state index in [0.29, 0.717) is 0 Å². The summed E-state index contributed by atoms with van der Waals surface area (Å²) >= 11 is 0. The lowest BCUT2D eigenvalue weighted by Gasteiger charge is -2.26. The topological polar surface area (TPSA) is 41.1 Å². The lowest BCUT2D eigenvalue weighted by Crippen LogP contribution is -2.44. The Morgan fingerprint density at radius 2 is 2.00 bits per heavy atom. The quantitative estimate of drug-likeness (QED) is 0.720. The van der Waals surface area contributed by atoms with Crippen molar-refractivity contribution in [3.05, 3.63) is 0 Å². The van der Waals surface area contributed by atoms with Gasteiger partial charge in [0.1, 0.15) is 6.67 Å². The van der Waals surface area contributed by atoms with Crippen molar-refractivity contribution in [1.82, 2.24) is 10.6 Å². The van der Waals surface area contributed by atoms with Gasteiger partial charge in [0.15, 0.2) is 0 Å². The highest BCUT2D eigenvalue weighted by Crippen LogP contribution is 2.23. The van der Waals surface area contributed by atoms with E-state index in [2.05, 4.69) is 17.6 Å². The van der Waals surface area contributed by atoms with Crippen LogP contribution in [-0.4, -0.2) is 25.3 Å². The summed E-state index contributed by atoms with van der Waals surface area (Å²) in [5.41, 5.74) is 0. The summed E-state index contributed by atoms with van der Waals surface area (Å²) < 4.78 is 11.7. The fourth-order valence-electron chi connectivity index (χ4n) is 1.80. The molecule has 1 rings (SSSR count). The molecule has 3 nitrogen and oxygen atoms in total. The molecule has 0 unspecified atom stereocenters. The molecule has 0 bridgehead atoms. The van der Waals surface area contributed by atoms with Crippen LogP contribution < -0.4 is 10.6 Å². The van der Waals surface area contributed by atoms with Crippen molar-refractivity contribution in [2.24, 2.45) is 5.92 Å². The maximum atomic E-state index is 11.7. The first-order valence-electron chi connectivity index (χ1n) is 5.32. The van der Waals surface area contributed by atoms with Gasteiger partial charge >= 0.3 is 6.03 Å². The molecule has 4 heteroatoms. The maximum absolute atomic E-state index is 11.7. The van der Waals surface area contributed by atoms with Crippen LogP contribution in [0.15, 0.2) is 0 Å². The monoisotopic (exact) mass is 202 g/mol. The second-order valence-electron chi connectivity index (χ2n) is 4.05. The van der Waals surface area contributed by atoms with E-state index in [1.165, 1.54) is 12.8 Å². The van der Waals surface area contributed by atoms with Crippen LogP contribution >= 0.6 is 0 Å². The molecule has 0 heterocycles. The van der Waals surface area contributed by atoms with Crippen LogP contribution in [0.25, 0.3) is 0 Å². The van der Waals surface area contributed by atoms with Crippen molar-refractivity contribution in [2.75, 3.05) is 13.2 Å². The minimum absolute atomic E-state index is 0.106. The van der Waals surface area contributed by atoms with Crippen molar-refractivity contribution < 1.29 is 9.18 Å². The van der Waals surface area contributed by atoms with Gasteiger partial charge in [-0.1, -0.05) is 6.92 Å². The number of carbonyl (C=O) groups is 1. The zero-order valence-corrected chi connectivity index (χ0v) is 8.68. The number of rotatable bonds is 3. The van der Waals surface area contributed by atoms with Crippen LogP contribution in [0.4, 0.5) is 9.18 Å². The maximum Gasteiger partial charge on any atom is 0.315 e. The first-order chi connectivity index (χ1) is 6.72. The molecule has 1 aliphatic carbocycles. The number of nitrogens with one attached hydrogen (secondary N) is 2. The molecule has 0 aliphatic heterocycles. The Morgan fingerprint density at radius 1 is 1.36 bits per heavy atom. The Morgan fingerprint density at radius 3 is 2.57 bits per heavy atom. The van der Waals surface area contributed by atoms with E-state index in [-0.39, 0.29) is 18.6 Å². The van der Waals surface area contributed by atoms with Gasteiger partial charge in [0, 0.05) is 12.6 Å². The van der Waals surface area contributed by atoms with Crippen LogP contribution in [0.3, 0.4) is 0 Å². The van der Waals surface area contributed by atoms with Gasteiger partial charge in [-0.3, -0.25) is 0 Å². The fourth-order valence-corrected chi connectivity index (χ4v) is 1.80. The van der Waals surface area contributed by atoms with Crippen LogP contribution in [-0.2, 0) is 0 Å². The second kappa shape index (κ2) is 5.83. The van der Waals surface area contributed by atoms with Crippen LogP contribution in [0, 0.1) is 5.92 Å². The van der Waals surface area contributed by atoms with Crippen molar-refractivity contribution in [2.45, 2.75) is 38.6 Å². The summed E-state index contributed by atoms with van der Waals surface area (Å²) in [5, 5.41) is 5.32. The number of alkyl halides is 1. The summed E-state index contributed by atoms with van der Waals surface area (Å²) in [6.07, 6.45) is 4.44. The number of hydrogen-bond donors (Lipinski definition) is 2. The first kappa shape index (κ1) is 11.3. The predicted octanol–water partition coefficient (Wildman–Crippen LogP) is 1.83. The van der Waals surface area contributed by atoms with Crippen LogP contribution in [0.1, 0.15) is 32.6 Å². The van der Waals surface area contributed by atoms with Gasteiger partial charge in [-0.25, -0.2) is 9.18 Å². The molecule has 0 radical (unpaired) electrons. The Kier molecular flexibility index (Phi) is 4.70. The standard InChI is InChI=1S/C10H19FN2O/c1-8-2-4-9(5-3-8)13-10(14)12-7-6-11/h8-9H,2-7H2,1H3,(H2,12,13,14). The van der Waals surface area contributed by atoms with Gasteiger partial charge in [0.25, 0.3) is 0 Å². The minimum atomic E-state index is -0.505. The average molecular weight is 202 g/mol. The van der Waals surface area contributed by atoms with Gasteiger partial charge in [-0.15, -0.1) is 0 Å². The largest absolute Gasteiger partial charge is 0.336 e. The van der Waals surface area contributed by atoms with Gasteiger partial charge in [-0.05, 0) is 31.6 Å². The molecule has 0 atom stereocenters. The minimum Gasteiger partial charge on any atom is -0.336 e. The molecule has 0 saturated heterocycles. The van der Waals surface area contributed by atoms with E-state index in [4.69, 9.17) is 0 Å². The van der Waals surface area contributed by atoms with E-state index < -0.39 is 6.67 Å². The van der Waals surface area contributed by atoms with Crippen molar-refractivity contribution in [3.63, 3.8) is 0 Å². The number of urea groups is 1. The summed E-state index contributed by atoms with van der Waals surface area (Å²) in [6.45, 7) is 1.84. The molecule has 1 fully saturated rings. The lowest BCUT2D eigenvalue weighted by atomic mass is 9.87. The lowest BCUT2D eigenvalue weighted by molar-refractivity contribution is 0.227. The van der Waals surface area contributed by atoms with Crippen molar-refractivity contribution in [1.29, 1.82) is 0 Å². The van der Waals surface area contributed by atoms with E-state index in [1.807, 2.05) is 0 Å². The van der Waals surface area contributed by atoms with Gasteiger partial charge in [0.2, 0.25) is 0 Å². The molecule has 2 N–H and O–H groups in total. The summed E-state index contributed by atoms with van der Waals surface area (Å²) in [7, 11) is 0. The molecule has 82 valence electrons. The van der Waals surface area contributed by atoms with E-state index in [1.54, 1.807) is 0 Å². The third kappa shape index (κ3) is 3.94. The molecule has 0 aromatic carbocycles. The summed E-state index contributed by atoms with van der Waals surface area (Å²) in [6, 6.07) is 0.0491. The Bertz CT molecular complexity index is 179. The smallest absolute Gasteiger partial charge is 0.315 e. The molecule has 0 aromatic rings. The van der Waals surface area contributed by atoms with Crippen molar-refractivity contribution >= 4 is 6.03 Å². The predicted molar refractivity (Wildman–Crippen MR) is 53.9 cm³/mol. The van der Waals surface area contributed by atoms with Crippen molar-refractivity contribution in [3.8, 4) is 0 Å². The molecule has 2 amide bonds. The number of amides is 2. The third-order valence-corrected chi connectivity index (χ3v) is 2.73. The summed E-state index contributed by atoms with van der Waals surface area (Å²) in [5.74, 6) is 0.780. The molecule has 1 aliphatic rings. The van der Waals surface area contributed by atoms with E-state index in [0.717, 1.165) is 18.8 Å². The highest BCUT2D eigenvalue weighted by Gasteiger charge is 2.19. The normalized spacial score (nSPS) is 27.0. The third-order valence-electron chi connectivity index (χ3n) is 2.73. The molecule has 0 aromatic heterocycles. The SMILES string of the molecule is CC1CCC(NC(=O)NCCF)CC1. The first-order valence-corrected chi connectivity index (χ1v) is 5.32. The van der Waals surface area contributed by atoms with Gasteiger partial charge in [-0.2, -0.15) is 0 Å². The highest BCUT2D eigenvalue weighted by molar-refractivity contribution is 5.74. The molecule has 14 heavy (non-hydrogen) atoms. The number of hydrogen-bond acceptors (Lipinski definition) is 1. The van der Waals surface area contributed by atoms with Crippen LogP contribution in [0.5, 0.6) is 0 Å². The Hall–Kier alpha value is -0.800. The summed E-state index contributed by atoms with van der Waals surface area (Å²) in [4.78, 5) is 11.2. The Labute approximate surface area is 84.4 Å². The highest BCUT2D eigenvalue weighted by atomic mass is 19.1. The van der Waals surface area contributed by atoms with E-state index in [9.17, 15) is 9.18 Å². The number of halogens is 1. The zero-order chi connectivity index (χ0) is 10.4. The Balaban J connectivity index is 2.14. The fraction of sp³-hybridized carbons (Fsp3) is 0.900. The molecule has 0 spiro atoms. The second-order valence-corrected chi connectivity index (χ2v) is 4.05. The van der Waals surface area contributed by atoms with Crippen LogP contribution in [0.2, 0.25) is 0 Å². The molecular weight excluding hydrogens is 183 g/mol. The van der Waals surface area contributed by atoms with E-state index >= 15 is 0 Å². The molecule has 1 saturated carbocycles. The average Bonchev–Trinajstić information content (AvgIpc) is 2.18. The number of carbonyl (C=O) groups excluding carboxylic acids is 1.